The molecule has 2 aromatic heterocycles. The molecule has 1 N–H and O–H groups in total. The van der Waals surface area contributed by atoms with Crippen LogP contribution in [0.4, 0.5) is 5.95 Å². The number of halogens is 2. The van der Waals surface area contributed by atoms with Gasteiger partial charge in [-0.1, -0.05) is 23.2 Å². The van der Waals surface area contributed by atoms with E-state index < -0.39 is 0 Å². The van der Waals surface area contributed by atoms with E-state index in [1.165, 1.54) is 11.3 Å². The lowest BCUT2D eigenvalue weighted by molar-refractivity contribution is 0.103. The number of amides is 1. The number of nitrogens with one attached hydrogen (secondary N) is 1. The molecule has 0 fully saturated rings. The number of aryl methyl sites for hydroxylation is 1. The van der Waals surface area contributed by atoms with Gasteiger partial charge in [-0.15, -0.1) is 11.3 Å². The number of thiophene rings is 1. The van der Waals surface area contributed by atoms with Crippen molar-refractivity contribution >= 4 is 46.4 Å². The molecule has 0 radical (unpaired) electrons. The van der Waals surface area contributed by atoms with Gasteiger partial charge in [0.15, 0.2) is 0 Å². The minimum absolute atomic E-state index is 0.171. The van der Waals surface area contributed by atoms with Crippen molar-refractivity contribution in [3.63, 3.8) is 0 Å². The van der Waals surface area contributed by atoms with Crippen molar-refractivity contribution < 1.29 is 4.79 Å². The summed E-state index contributed by atoms with van der Waals surface area (Å²) in [5, 5.41) is 4.98. The maximum atomic E-state index is 11.8. The van der Waals surface area contributed by atoms with E-state index in [-0.39, 0.29) is 17.0 Å². The maximum absolute atomic E-state index is 11.8. The molecular formula is C10H7Cl2N3OS. The Morgan fingerprint density at radius 2 is 2.18 bits per heavy atom. The van der Waals surface area contributed by atoms with Gasteiger partial charge in [-0.3, -0.25) is 10.1 Å². The van der Waals surface area contributed by atoms with Crippen LogP contribution in [0, 0.1) is 6.92 Å². The largest absolute Gasteiger partial charge is 0.290 e. The zero-order valence-corrected chi connectivity index (χ0v) is 11.0. The van der Waals surface area contributed by atoms with E-state index in [1.54, 1.807) is 24.4 Å². The summed E-state index contributed by atoms with van der Waals surface area (Å²) in [5.41, 5.74) is 0.678. The minimum atomic E-state index is -0.341. The van der Waals surface area contributed by atoms with Crippen LogP contribution in [0.15, 0.2) is 17.5 Å². The Morgan fingerprint density at radius 3 is 2.76 bits per heavy atom. The van der Waals surface area contributed by atoms with Crippen molar-refractivity contribution in [2.75, 3.05) is 5.32 Å². The molecular weight excluding hydrogens is 281 g/mol. The zero-order chi connectivity index (χ0) is 12.4. The highest BCUT2D eigenvalue weighted by Crippen LogP contribution is 2.22. The number of anilines is 1. The Hall–Kier alpha value is -1.17. The second-order valence-corrected chi connectivity index (χ2v) is 4.92. The third-order valence-electron chi connectivity index (χ3n) is 1.87. The normalized spacial score (nSPS) is 10.3. The molecule has 0 aliphatic rings. The number of rotatable bonds is 2. The fourth-order valence-corrected chi connectivity index (χ4v) is 2.47. The molecule has 88 valence electrons. The van der Waals surface area contributed by atoms with Crippen molar-refractivity contribution in [1.82, 2.24) is 9.97 Å². The molecule has 4 nitrogen and oxygen atoms in total. The highest BCUT2D eigenvalue weighted by molar-refractivity contribution is 7.12. The molecule has 0 aliphatic heterocycles. The lowest BCUT2D eigenvalue weighted by Crippen LogP contribution is -2.13. The van der Waals surface area contributed by atoms with Crippen molar-refractivity contribution in [3.05, 3.63) is 38.3 Å². The van der Waals surface area contributed by atoms with E-state index in [1.807, 2.05) is 0 Å². The summed E-state index contributed by atoms with van der Waals surface area (Å²) in [4.78, 5) is 20.2. The molecule has 2 rings (SSSR count). The summed E-state index contributed by atoms with van der Waals surface area (Å²) < 4.78 is 0. The Kier molecular flexibility index (Phi) is 3.61. The number of hydrogen-bond donors (Lipinski definition) is 1. The van der Waals surface area contributed by atoms with Gasteiger partial charge in [0.2, 0.25) is 5.95 Å². The molecule has 0 saturated heterocycles. The van der Waals surface area contributed by atoms with Crippen LogP contribution in [0.3, 0.4) is 0 Å². The predicted molar refractivity (Wildman–Crippen MR) is 69.1 cm³/mol. The average molecular weight is 288 g/mol. The van der Waals surface area contributed by atoms with Crippen LogP contribution >= 0.6 is 34.5 Å². The molecule has 7 heteroatoms. The summed E-state index contributed by atoms with van der Waals surface area (Å²) in [7, 11) is 0. The quantitative estimate of drug-likeness (QED) is 0.862. The molecule has 0 aromatic carbocycles. The van der Waals surface area contributed by atoms with Gasteiger partial charge in [-0.05, 0) is 24.4 Å². The Labute approximate surface area is 112 Å². The van der Waals surface area contributed by atoms with Gasteiger partial charge in [0.1, 0.15) is 10.0 Å². The molecule has 2 heterocycles. The summed E-state index contributed by atoms with van der Waals surface area (Å²) in [6, 6.07) is 3.26. The molecule has 2 aromatic rings. The SMILES string of the molecule is Cc1cc(Cl)nc(NC(=O)c2sccc2Cl)n1. The van der Waals surface area contributed by atoms with E-state index in [0.29, 0.717) is 15.6 Å². The number of carbonyl (C=O) groups is 1. The van der Waals surface area contributed by atoms with Crippen LogP contribution in [0.5, 0.6) is 0 Å². The van der Waals surface area contributed by atoms with Crippen LogP contribution in [0.25, 0.3) is 0 Å². The third-order valence-corrected chi connectivity index (χ3v) is 3.41. The van der Waals surface area contributed by atoms with Gasteiger partial charge in [0.25, 0.3) is 5.91 Å². The van der Waals surface area contributed by atoms with Crippen LogP contribution < -0.4 is 5.32 Å². The Balaban J connectivity index is 2.21. The van der Waals surface area contributed by atoms with E-state index in [2.05, 4.69) is 15.3 Å². The first-order valence-corrected chi connectivity index (χ1v) is 6.25. The lowest BCUT2D eigenvalue weighted by Gasteiger charge is -2.03. The highest BCUT2D eigenvalue weighted by Gasteiger charge is 2.13. The fourth-order valence-electron chi connectivity index (χ4n) is 1.20. The smallest absolute Gasteiger partial charge is 0.269 e. The number of aromatic nitrogens is 2. The summed E-state index contributed by atoms with van der Waals surface area (Å²) in [5.74, 6) is -0.170. The van der Waals surface area contributed by atoms with E-state index in [0.717, 1.165) is 0 Å². The molecule has 0 saturated carbocycles. The van der Waals surface area contributed by atoms with Crippen LogP contribution in [-0.2, 0) is 0 Å². The van der Waals surface area contributed by atoms with Crippen molar-refractivity contribution in [2.45, 2.75) is 6.92 Å². The predicted octanol–water partition coefficient (Wildman–Crippen LogP) is 3.41. The first-order chi connectivity index (χ1) is 8.06. The minimum Gasteiger partial charge on any atom is -0.290 e. The van der Waals surface area contributed by atoms with Crippen LogP contribution in [-0.4, -0.2) is 15.9 Å². The topological polar surface area (TPSA) is 54.9 Å². The Morgan fingerprint density at radius 1 is 1.41 bits per heavy atom. The Bertz CT molecular complexity index is 550. The molecule has 0 unspecified atom stereocenters. The average Bonchev–Trinajstić information content (AvgIpc) is 2.62. The number of carbonyl (C=O) groups excluding carboxylic acids is 1. The molecule has 0 spiro atoms. The molecule has 0 aliphatic carbocycles. The van der Waals surface area contributed by atoms with Gasteiger partial charge in [-0.2, -0.15) is 0 Å². The second-order valence-electron chi connectivity index (χ2n) is 3.21. The molecule has 0 atom stereocenters. The first kappa shape index (κ1) is 12.3. The number of hydrogen-bond acceptors (Lipinski definition) is 4. The summed E-state index contributed by atoms with van der Waals surface area (Å²) in [6.45, 7) is 1.77. The maximum Gasteiger partial charge on any atom is 0.269 e. The molecule has 17 heavy (non-hydrogen) atoms. The van der Waals surface area contributed by atoms with Gasteiger partial charge in [0, 0.05) is 5.69 Å². The van der Waals surface area contributed by atoms with E-state index >= 15 is 0 Å². The van der Waals surface area contributed by atoms with Gasteiger partial charge < -0.3 is 0 Å². The van der Waals surface area contributed by atoms with Gasteiger partial charge in [-0.25, -0.2) is 9.97 Å². The van der Waals surface area contributed by atoms with Crippen molar-refractivity contribution in [1.29, 1.82) is 0 Å². The monoisotopic (exact) mass is 287 g/mol. The van der Waals surface area contributed by atoms with Gasteiger partial charge in [0.05, 0.1) is 5.02 Å². The summed E-state index contributed by atoms with van der Waals surface area (Å²) in [6.07, 6.45) is 0. The zero-order valence-electron chi connectivity index (χ0n) is 8.70. The van der Waals surface area contributed by atoms with Gasteiger partial charge >= 0.3 is 0 Å². The fraction of sp³-hybridized carbons (Fsp3) is 0.100. The first-order valence-electron chi connectivity index (χ1n) is 4.62. The van der Waals surface area contributed by atoms with Crippen LogP contribution in [0.1, 0.15) is 15.4 Å². The van der Waals surface area contributed by atoms with Crippen molar-refractivity contribution in [3.8, 4) is 0 Å². The highest BCUT2D eigenvalue weighted by atomic mass is 35.5. The van der Waals surface area contributed by atoms with Crippen LogP contribution in [0.2, 0.25) is 10.2 Å². The lowest BCUT2D eigenvalue weighted by atomic mass is 10.4. The second kappa shape index (κ2) is 5.00. The van der Waals surface area contributed by atoms with E-state index in [9.17, 15) is 4.79 Å². The standard InChI is InChI=1S/C10H7Cl2N3OS/c1-5-4-7(12)14-10(13-5)15-9(16)8-6(11)2-3-17-8/h2-4H,1H3,(H,13,14,15,16). The van der Waals surface area contributed by atoms with Crippen molar-refractivity contribution in [2.24, 2.45) is 0 Å². The molecule has 1 amide bonds. The van der Waals surface area contributed by atoms with E-state index in [4.69, 9.17) is 23.2 Å². The molecule has 0 bridgehead atoms. The number of nitrogens with zero attached hydrogens (tertiary/aromatic N) is 2. The summed E-state index contributed by atoms with van der Waals surface area (Å²) >= 11 is 12.9. The third kappa shape index (κ3) is 2.94.